The van der Waals surface area contributed by atoms with Gasteiger partial charge in [-0.05, 0) is 22.0 Å². The van der Waals surface area contributed by atoms with Gasteiger partial charge in [0.25, 0.3) is 0 Å². The third-order valence-corrected chi connectivity index (χ3v) is 2.84. The average Bonchev–Trinajstić information content (AvgIpc) is 2.24. The summed E-state index contributed by atoms with van der Waals surface area (Å²) in [7, 11) is 0. The van der Waals surface area contributed by atoms with Crippen molar-refractivity contribution in [1.82, 2.24) is 10.3 Å². The van der Waals surface area contributed by atoms with E-state index in [-0.39, 0.29) is 5.56 Å². The zero-order chi connectivity index (χ0) is 14.8. The van der Waals surface area contributed by atoms with Gasteiger partial charge < -0.3 is 5.32 Å². The third-order valence-electron chi connectivity index (χ3n) is 2.37. The summed E-state index contributed by atoms with van der Waals surface area (Å²) in [6.07, 6.45) is -3.48. The van der Waals surface area contributed by atoms with E-state index in [1.165, 1.54) is 12.1 Å². The highest BCUT2D eigenvalue weighted by Crippen LogP contribution is 2.33. The van der Waals surface area contributed by atoms with Gasteiger partial charge in [-0.3, -0.25) is 4.79 Å². The number of amides is 1. The Kier molecular flexibility index (Phi) is 4.60. The number of hydrogen-bond acceptors (Lipinski definition) is 2. The molecule has 0 bridgehead atoms. The minimum Gasteiger partial charge on any atom is -0.340 e. The molecule has 1 atom stereocenters. The molecule has 0 unspecified atom stereocenters. The molecule has 0 fully saturated rings. The molecular formula is C12H14BrF3N2O. The fourth-order valence-corrected chi connectivity index (χ4v) is 1.49. The van der Waals surface area contributed by atoms with Gasteiger partial charge in [-0.15, -0.1) is 0 Å². The molecule has 0 saturated carbocycles. The van der Waals surface area contributed by atoms with Gasteiger partial charge in [0.05, 0.1) is 0 Å². The van der Waals surface area contributed by atoms with Gasteiger partial charge in [0, 0.05) is 17.2 Å². The van der Waals surface area contributed by atoms with Crippen molar-refractivity contribution in [1.29, 1.82) is 0 Å². The first-order valence-electron chi connectivity index (χ1n) is 5.51. The van der Waals surface area contributed by atoms with Gasteiger partial charge >= 0.3 is 6.18 Å². The van der Waals surface area contributed by atoms with E-state index in [9.17, 15) is 18.0 Å². The summed E-state index contributed by atoms with van der Waals surface area (Å²) in [6.45, 7) is 4.65. The van der Waals surface area contributed by atoms with E-state index in [2.05, 4.69) is 20.9 Å². The molecule has 0 aliphatic heterocycles. The van der Waals surface area contributed by atoms with E-state index in [4.69, 9.17) is 0 Å². The largest absolute Gasteiger partial charge is 0.412 e. The smallest absolute Gasteiger partial charge is 0.340 e. The quantitative estimate of drug-likeness (QED) is 0.837. The van der Waals surface area contributed by atoms with E-state index in [0.717, 1.165) is 6.20 Å². The molecule has 1 rings (SSSR count). The maximum Gasteiger partial charge on any atom is 0.412 e. The normalized spacial score (nSPS) is 14.1. The first kappa shape index (κ1) is 15.9. The monoisotopic (exact) mass is 338 g/mol. The second-order valence-corrected chi connectivity index (χ2v) is 5.92. The lowest BCUT2D eigenvalue weighted by Gasteiger charge is -2.26. The molecule has 1 aromatic rings. The Morgan fingerprint density at radius 1 is 1.32 bits per heavy atom. The zero-order valence-corrected chi connectivity index (χ0v) is 12.3. The van der Waals surface area contributed by atoms with Crippen LogP contribution in [-0.2, 0) is 4.79 Å². The van der Waals surface area contributed by atoms with E-state index in [1.54, 1.807) is 20.8 Å². The number of hydrogen-bond donors (Lipinski definition) is 1. The number of carbonyl (C=O) groups is 1. The molecule has 1 N–H and O–H groups in total. The molecule has 7 heteroatoms. The highest BCUT2D eigenvalue weighted by molar-refractivity contribution is 9.10. The van der Waals surface area contributed by atoms with Crippen LogP contribution in [0.2, 0.25) is 0 Å². The topological polar surface area (TPSA) is 42.0 Å². The fraction of sp³-hybridized carbons (Fsp3) is 0.500. The number of aromatic nitrogens is 1. The van der Waals surface area contributed by atoms with Gasteiger partial charge in [0.2, 0.25) is 5.91 Å². The average molecular weight is 339 g/mol. The predicted molar refractivity (Wildman–Crippen MR) is 68.3 cm³/mol. The highest BCUT2D eigenvalue weighted by atomic mass is 79.9. The van der Waals surface area contributed by atoms with Crippen LogP contribution in [0.4, 0.5) is 13.2 Å². The Balaban J connectivity index is 3.04. The van der Waals surface area contributed by atoms with E-state index in [0.29, 0.717) is 4.60 Å². The lowest BCUT2D eigenvalue weighted by Crippen LogP contribution is -2.43. The summed E-state index contributed by atoms with van der Waals surface area (Å²) in [5, 5.41) is 2.01. The fourth-order valence-electron chi connectivity index (χ4n) is 1.26. The molecule has 0 saturated heterocycles. The molecule has 0 radical (unpaired) electrons. The predicted octanol–water partition coefficient (Wildman–Crippen LogP) is 3.61. The molecule has 1 aromatic heterocycles. The Hall–Kier alpha value is -1.11. The maximum absolute atomic E-state index is 13.0. The molecule has 19 heavy (non-hydrogen) atoms. The van der Waals surface area contributed by atoms with Gasteiger partial charge in [-0.1, -0.05) is 26.8 Å². The third kappa shape index (κ3) is 4.49. The van der Waals surface area contributed by atoms with E-state index < -0.39 is 23.5 Å². The number of nitrogens with zero attached hydrogens (tertiary/aromatic N) is 1. The van der Waals surface area contributed by atoms with Crippen molar-refractivity contribution in [2.45, 2.75) is 33.0 Å². The molecule has 0 aromatic carbocycles. The minimum atomic E-state index is -4.57. The van der Waals surface area contributed by atoms with Gasteiger partial charge in [-0.25, -0.2) is 4.98 Å². The number of nitrogens with one attached hydrogen (secondary N) is 1. The van der Waals surface area contributed by atoms with Crippen LogP contribution in [0.1, 0.15) is 32.4 Å². The SMILES string of the molecule is CC(C)(C)C(=O)N[C@@H](c1ccc(Br)nc1)C(F)(F)F. The van der Waals surface area contributed by atoms with Gasteiger partial charge in [0.15, 0.2) is 6.04 Å². The van der Waals surface area contributed by atoms with Crippen LogP contribution in [-0.4, -0.2) is 17.1 Å². The van der Waals surface area contributed by atoms with Crippen LogP contribution in [0.5, 0.6) is 0 Å². The number of rotatable bonds is 2. The van der Waals surface area contributed by atoms with Crippen LogP contribution >= 0.6 is 15.9 Å². The van der Waals surface area contributed by atoms with Crippen LogP contribution in [0.3, 0.4) is 0 Å². The standard InChI is InChI=1S/C12H14BrF3N2O/c1-11(2,3)10(19)18-9(12(14,15)16)7-4-5-8(13)17-6-7/h4-6,9H,1-3H3,(H,18,19)/t9-/m0/s1. The summed E-state index contributed by atoms with van der Waals surface area (Å²) < 4.78 is 39.4. The molecular weight excluding hydrogens is 325 g/mol. The number of alkyl halides is 3. The molecule has 0 spiro atoms. The first-order valence-corrected chi connectivity index (χ1v) is 6.30. The van der Waals surface area contributed by atoms with Crippen LogP contribution in [0, 0.1) is 5.41 Å². The minimum absolute atomic E-state index is 0.103. The van der Waals surface area contributed by atoms with Crippen molar-refractivity contribution in [2.24, 2.45) is 5.41 Å². The lowest BCUT2D eigenvalue weighted by atomic mass is 9.94. The van der Waals surface area contributed by atoms with Crippen LogP contribution < -0.4 is 5.32 Å². The van der Waals surface area contributed by atoms with Crippen molar-refractivity contribution in [3.63, 3.8) is 0 Å². The Bertz CT molecular complexity index is 452. The second kappa shape index (κ2) is 5.48. The van der Waals surface area contributed by atoms with E-state index in [1.807, 2.05) is 5.32 Å². The second-order valence-electron chi connectivity index (χ2n) is 5.11. The summed E-state index contributed by atoms with van der Waals surface area (Å²) in [5.74, 6) is -0.669. The molecule has 0 aliphatic carbocycles. The van der Waals surface area contributed by atoms with Crippen LogP contribution in [0.25, 0.3) is 0 Å². The summed E-state index contributed by atoms with van der Waals surface area (Å²) in [5.41, 5.74) is -1.000. The molecule has 106 valence electrons. The molecule has 0 aliphatic rings. The summed E-state index contributed by atoms with van der Waals surface area (Å²) >= 11 is 3.05. The molecule has 1 heterocycles. The van der Waals surface area contributed by atoms with Crippen molar-refractivity contribution < 1.29 is 18.0 Å². The van der Waals surface area contributed by atoms with Crippen LogP contribution in [0.15, 0.2) is 22.9 Å². The Morgan fingerprint density at radius 3 is 2.26 bits per heavy atom. The van der Waals surface area contributed by atoms with Crippen molar-refractivity contribution in [3.8, 4) is 0 Å². The van der Waals surface area contributed by atoms with Crippen molar-refractivity contribution in [2.75, 3.05) is 0 Å². The summed E-state index contributed by atoms with van der Waals surface area (Å²) in [4.78, 5) is 15.5. The Labute approximate surface area is 117 Å². The number of carbonyl (C=O) groups excluding carboxylic acids is 1. The van der Waals surface area contributed by atoms with E-state index >= 15 is 0 Å². The molecule has 3 nitrogen and oxygen atoms in total. The number of halogens is 4. The van der Waals surface area contributed by atoms with Crippen molar-refractivity contribution in [3.05, 3.63) is 28.5 Å². The number of pyridine rings is 1. The van der Waals surface area contributed by atoms with Gasteiger partial charge in [-0.2, -0.15) is 13.2 Å². The lowest BCUT2D eigenvalue weighted by molar-refractivity contribution is -0.165. The molecule has 1 amide bonds. The first-order chi connectivity index (χ1) is 8.51. The highest BCUT2D eigenvalue weighted by Gasteiger charge is 2.43. The van der Waals surface area contributed by atoms with Gasteiger partial charge in [0.1, 0.15) is 4.60 Å². The summed E-state index contributed by atoms with van der Waals surface area (Å²) in [6, 6.07) is 0.620. The maximum atomic E-state index is 13.0. The Morgan fingerprint density at radius 2 is 1.89 bits per heavy atom. The van der Waals surface area contributed by atoms with Crippen molar-refractivity contribution >= 4 is 21.8 Å². The zero-order valence-electron chi connectivity index (χ0n) is 10.7.